The van der Waals surface area contributed by atoms with Gasteiger partial charge in [-0.15, -0.1) is 0 Å². The number of carbonyl (C=O) groups is 2. The number of imide groups is 1. The molecule has 0 unspecified atom stereocenters. The molecule has 0 N–H and O–H groups in total. The summed E-state index contributed by atoms with van der Waals surface area (Å²) in [4.78, 5) is 27.0. The fourth-order valence-electron chi connectivity index (χ4n) is 3.55. The zero-order valence-electron chi connectivity index (χ0n) is 20.0. The highest BCUT2D eigenvalue weighted by Crippen LogP contribution is 2.35. The van der Waals surface area contributed by atoms with E-state index < -0.39 is 0 Å². The van der Waals surface area contributed by atoms with Crippen LogP contribution in [0, 0.1) is 6.92 Å². The van der Waals surface area contributed by atoms with E-state index in [2.05, 4.69) is 0 Å². The number of ether oxygens (including phenoxy) is 3. The van der Waals surface area contributed by atoms with Crippen LogP contribution in [0.4, 0.5) is 4.79 Å². The molecule has 0 aromatic heterocycles. The molecule has 0 radical (unpaired) electrons. The second-order valence-electron chi connectivity index (χ2n) is 8.05. The zero-order chi connectivity index (χ0) is 25.5. The van der Waals surface area contributed by atoms with Crippen LogP contribution < -0.4 is 14.2 Å². The van der Waals surface area contributed by atoms with Gasteiger partial charge in [-0.25, -0.2) is 0 Å². The Bertz CT molecular complexity index is 1280. The van der Waals surface area contributed by atoms with Gasteiger partial charge in [0.2, 0.25) is 0 Å². The van der Waals surface area contributed by atoms with Crippen LogP contribution >= 0.6 is 23.4 Å². The summed E-state index contributed by atoms with van der Waals surface area (Å²) in [6, 6.07) is 20.4. The third-order valence-electron chi connectivity index (χ3n) is 5.30. The monoisotopic (exact) mass is 523 g/mol. The Morgan fingerprint density at radius 3 is 2.44 bits per heavy atom. The Labute approximate surface area is 219 Å². The molecule has 2 amide bonds. The highest BCUT2D eigenvalue weighted by atomic mass is 35.5. The Kier molecular flexibility index (Phi) is 8.57. The van der Waals surface area contributed by atoms with Crippen molar-refractivity contribution in [1.29, 1.82) is 0 Å². The van der Waals surface area contributed by atoms with E-state index in [-0.39, 0.29) is 17.7 Å². The normalized spacial score (nSPS) is 14.4. The summed E-state index contributed by atoms with van der Waals surface area (Å²) >= 11 is 6.95. The summed E-state index contributed by atoms with van der Waals surface area (Å²) < 4.78 is 17.3. The first kappa shape index (κ1) is 25.7. The van der Waals surface area contributed by atoms with Crippen LogP contribution in [-0.2, 0) is 11.3 Å². The summed E-state index contributed by atoms with van der Waals surface area (Å²) in [5.41, 5.74) is 2.69. The lowest BCUT2D eigenvalue weighted by Crippen LogP contribution is -2.27. The lowest BCUT2D eigenvalue weighted by molar-refractivity contribution is -0.123. The van der Waals surface area contributed by atoms with Crippen molar-refractivity contribution in [3.05, 3.63) is 93.3 Å². The second-order valence-corrected chi connectivity index (χ2v) is 9.48. The van der Waals surface area contributed by atoms with Crippen molar-refractivity contribution in [2.75, 3.05) is 19.8 Å². The van der Waals surface area contributed by atoms with Crippen molar-refractivity contribution in [3.8, 4) is 17.2 Å². The zero-order valence-corrected chi connectivity index (χ0v) is 21.6. The van der Waals surface area contributed by atoms with Crippen LogP contribution in [0.2, 0.25) is 5.02 Å². The van der Waals surface area contributed by atoms with E-state index in [1.165, 1.54) is 10.5 Å². The maximum atomic E-state index is 12.9. The number of benzene rings is 3. The summed E-state index contributed by atoms with van der Waals surface area (Å²) in [5.74, 6) is 1.58. The maximum Gasteiger partial charge on any atom is 0.293 e. The molecule has 1 saturated heterocycles. The molecule has 3 aromatic carbocycles. The average Bonchev–Trinajstić information content (AvgIpc) is 3.11. The van der Waals surface area contributed by atoms with Gasteiger partial charge in [0, 0.05) is 5.02 Å². The van der Waals surface area contributed by atoms with Gasteiger partial charge in [-0.05, 0) is 79.2 Å². The standard InChI is InChI=1S/C28H26ClNO5S/c1-3-33-25-16-20(9-12-24(25)35-14-13-34-23-10-7-19(2)8-11-23)17-26-27(31)30(28(32)36-26)18-21-5-4-6-22(29)15-21/h4-12,15-17H,3,13-14,18H2,1-2H3/b26-17-. The first-order valence-corrected chi connectivity index (χ1v) is 12.7. The summed E-state index contributed by atoms with van der Waals surface area (Å²) in [7, 11) is 0. The van der Waals surface area contributed by atoms with E-state index in [0.29, 0.717) is 41.2 Å². The molecule has 0 spiro atoms. The van der Waals surface area contributed by atoms with Gasteiger partial charge in [-0.1, -0.05) is 47.5 Å². The second kappa shape index (κ2) is 12.0. The van der Waals surface area contributed by atoms with E-state index >= 15 is 0 Å². The number of halogens is 1. The van der Waals surface area contributed by atoms with E-state index in [1.54, 1.807) is 36.4 Å². The molecular weight excluding hydrogens is 498 g/mol. The SMILES string of the molecule is CCOc1cc(/C=C2\SC(=O)N(Cc3cccc(Cl)c3)C2=O)ccc1OCCOc1ccc(C)cc1. The van der Waals surface area contributed by atoms with Crippen molar-refractivity contribution in [2.45, 2.75) is 20.4 Å². The lowest BCUT2D eigenvalue weighted by Gasteiger charge is -2.13. The van der Waals surface area contributed by atoms with Gasteiger partial charge in [-0.3, -0.25) is 14.5 Å². The fraction of sp³-hybridized carbons (Fsp3) is 0.214. The van der Waals surface area contributed by atoms with E-state index in [1.807, 2.05) is 50.2 Å². The summed E-state index contributed by atoms with van der Waals surface area (Å²) in [5, 5.41) is 0.243. The Morgan fingerprint density at radius 2 is 1.69 bits per heavy atom. The molecule has 4 rings (SSSR count). The minimum atomic E-state index is -0.337. The van der Waals surface area contributed by atoms with Gasteiger partial charge < -0.3 is 14.2 Å². The van der Waals surface area contributed by atoms with Crippen molar-refractivity contribution in [3.63, 3.8) is 0 Å². The van der Waals surface area contributed by atoms with Crippen LogP contribution in [0.3, 0.4) is 0 Å². The van der Waals surface area contributed by atoms with Gasteiger partial charge in [-0.2, -0.15) is 0 Å². The minimum absolute atomic E-state index is 0.171. The highest BCUT2D eigenvalue weighted by molar-refractivity contribution is 8.18. The Morgan fingerprint density at radius 1 is 0.917 bits per heavy atom. The molecule has 186 valence electrons. The van der Waals surface area contributed by atoms with Gasteiger partial charge >= 0.3 is 0 Å². The van der Waals surface area contributed by atoms with Crippen molar-refractivity contribution in [2.24, 2.45) is 0 Å². The topological polar surface area (TPSA) is 65.1 Å². The molecule has 0 aliphatic carbocycles. The van der Waals surface area contributed by atoms with Crippen molar-refractivity contribution < 1.29 is 23.8 Å². The predicted octanol–water partition coefficient (Wildman–Crippen LogP) is 6.74. The smallest absolute Gasteiger partial charge is 0.293 e. The van der Waals surface area contributed by atoms with Gasteiger partial charge in [0.15, 0.2) is 11.5 Å². The van der Waals surface area contributed by atoms with Crippen LogP contribution in [0.25, 0.3) is 6.08 Å². The molecule has 6 nitrogen and oxygen atoms in total. The molecule has 1 heterocycles. The molecule has 0 atom stereocenters. The molecule has 0 bridgehead atoms. The summed E-state index contributed by atoms with van der Waals surface area (Å²) in [6.45, 7) is 5.27. The van der Waals surface area contributed by atoms with Crippen LogP contribution in [0.5, 0.6) is 17.2 Å². The number of hydrogen-bond donors (Lipinski definition) is 0. The number of amides is 2. The third kappa shape index (κ3) is 6.62. The molecule has 36 heavy (non-hydrogen) atoms. The average molecular weight is 524 g/mol. The largest absolute Gasteiger partial charge is 0.490 e. The fourth-order valence-corrected chi connectivity index (χ4v) is 4.60. The van der Waals surface area contributed by atoms with E-state index in [4.69, 9.17) is 25.8 Å². The van der Waals surface area contributed by atoms with Crippen LogP contribution in [0.15, 0.2) is 71.6 Å². The quantitative estimate of drug-likeness (QED) is 0.216. The summed E-state index contributed by atoms with van der Waals surface area (Å²) in [6.07, 6.45) is 1.69. The first-order valence-electron chi connectivity index (χ1n) is 11.5. The molecule has 1 aliphatic heterocycles. The molecular formula is C28H26ClNO5S. The first-order chi connectivity index (χ1) is 17.4. The van der Waals surface area contributed by atoms with Gasteiger partial charge in [0.25, 0.3) is 11.1 Å². The van der Waals surface area contributed by atoms with Crippen molar-refractivity contribution in [1.82, 2.24) is 4.90 Å². The van der Waals surface area contributed by atoms with Crippen LogP contribution in [0.1, 0.15) is 23.6 Å². The number of aryl methyl sites for hydroxylation is 1. The Hall–Kier alpha value is -3.42. The third-order valence-corrected chi connectivity index (χ3v) is 6.44. The molecule has 8 heteroatoms. The van der Waals surface area contributed by atoms with E-state index in [0.717, 1.165) is 28.6 Å². The van der Waals surface area contributed by atoms with Crippen LogP contribution in [-0.4, -0.2) is 35.9 Å². The molecule has 3 aromatic rings. The number of thioether (sulfide) groups is 1. The molecule has 1 aliphatic rings. The highest BCUT2D eigenvalue weighted by Gasteiger charge is 2.35. The molecule has 1 fully saturated rings. The van der Waals surface area contributed by atoms with E-state index in [9.17, 15) is 9.59 Å². The predicted molar refractivity (Wildman–Crippen MR) is 143 cm³/mol. The van der Waals surface area contributed by atoms with Gasteiger partial charge in [0.1, 0.15) is 19.0 Å². The number of carbonyl (C=O) groups excluding carboxylic acids is 2. The maximum absolute atomic E-state index is 12.9. The Balaban J connectivity index is 1.41. The van der Waals surface area contributed by atoms with Gasteiger partial charge in [0.05, 0.1) is 18.1 Å². The number of hydrogen-bond acceptors (Lipinski definition) is 6. The number of rotatable bonds is 10. The minimum Gasteiger partial charge on any atom is -0.490 e. The lowest BCUT2D eigenvalue weighted by atomic mass is 10.1. The van der Waals surface area contributed by atoms with Crippen molar-refractivity contribution >= 4 is 40.6 Å². The molecule has 0 saturated carbocycles. The number of nitrogens with zero attached hydrogens (tertiary/aromatic N) is 1.